The van der Waals surface area contributed by atoms with E-state index in [2.05, 4.69) is 77.2 Å². The topological polar surface area (TPSA) is 33.1 Å². The molecular formula is C34H43FN4. The molecule has 0 amide bonds. The van der Waals surface area contributed by atoms with Gasteiger partial charge in [0, 0.05) is 18.3 Å². The molecule has 4 nitrogen and oxygen atoms in total. The number of likely N-dealkylation sites (tertiary alicyclic amines) is 1. The van der Waals surface area contributed by atoms with Gasteiger partial charge in [-0.2, -0.15) is 0 Å². The first-order chi connectivity index (χ1) is 18.9. The molecule has 0 radical (unpaired) electrons. The molecule has 0 spiro atoms. The Labute approximate surface area is 233 Å². The molecule has 206 valence electrons. The number of likely N-dealkylation sites (N-methyl/N-ethyl adjacent to an activating group) is 1. The second-order valence-corrected chi connectivity index (χ2v) is 9.96. The highest BCUT2D eigenvalue weighted by Gasteiger charge is 2.22. The lowest BCUT2D eigenvalue weighted by molar-refractivity contribution is 0.334. The lowest BCUT2D eigenvalue weighted by Crippen LogP contribution is -2.32. The molecule has 2 heterocycles. The number of aromatic nitrogens is 2. The fraction of sp³-hybridized carbons (Fsp3) is 0.324. The first-order valence-electron chi connectivity index (χ1n) is 13.9. The molecule has 1 saturated heterocycles. The van der Waals surface area contributed by atoms with Crippen LogP contribution in [0.5, 0.6) is 0 Å². The second-order valence-electron chi connectivity index (χ2n) is 9.96. The highest BCUT2D eigenvalue weighted by molar-refractivity contribution is 5.75. The molecule has 5 heteroatoms. The largest absolute Gasteiger partial charge is 0.383 e. The molecule has 2 atom stereocenters. The maximum absolute atomic E-state index is 12.8. The van der Waals surface area contributed by atoms with Crippen molar-refractivity contribution in [2.75, 3.05) is 13.6 Å². The summed E-state index contributed by atoms with van der Waals surface area (Å²) in [6.07, 6.45) is 8.13. The Morgan fingerprint density at radius 2 is 1.77 bits per heavy atom. The summed E-state index contributed by atoms with van der Waals surface area (Å²) in [7, 11) is 2.17. The van der Waals surface area contributed by atoms with E-state index in [0.717, 1.165) is 41.7 Å². The number of rotatable bonds is 8. The van der Waals surface area contributed by atoms with E-state index in [1.807, 2.05) is 55.7 Å². The third-order valence-electron chi connectivity index (χ3n) is 7.02. The Morgan fingerprint density at radius 1 is 1.08 bits per heavy atom. The minimum Gasteiger partial charge on any atom is -0.383 e. The smallest absolute Gasteiger partial charge is 0.126 e. The number of halogens is 1. The highest BCUT2D eigenvalue weighted by Crippen LogP contribution is 2.20. The number of hydrogen-bond acceptors (Lipinski definition) is 3. The number of nitrogens with zero attached hydrogens (tertiary/aromatic N) is 3. The first kappa shape index (κ1) is 29.9. The van der Waals surface area contributed by atoms with Gasteiger partial charge >= 0.3 is 0 Å². The first-order valence-corrected chi connectivity index (χ1v) is 13.9. The standard InChI is InChI=1S/C14H20N2.C11H12N2.C9H11F/c1-12(14-9-6-10-16(14)2)15-11-13-7-4-3-5-8-13;1-3-9(2)13-8-12-10-6-4-5-7-11(10)13;1-2-5-8-6-3-4-7-9(8)10/h3-5,7-8,14-15H,1,6,9-11H2,2H3;3-9H,1H2,2H3;3-4,6-7H,2,5H2,1H3. The third kappa shape index (κ3) is 8.93. The van der Waals surface area contributed by atoms with Gasteiger partial charge in [-0.3, -0.25) is 4.90 Å². The molecule has 1 aliphatic rings. The van der Waals surface area contributed by atoms with E-state index >= 15 is 0 Å². The van der Waals surface area contributed by atoms with Crippen LogP contribution in [0.15, 0.2) is 110 Å². The van der Waals surface area contributed by atoms with Gasteiger partial charge in [0.1, 0.15) is 5.82 Å². The predicted molar refractivity (Wildman–Crippen MR) is 163 cm³/mol. The van der Waals surface area contributed by atoms with E-state index in [9.17, 15) is 4.39 Å². The zero-order chi connectivity index (χ0) is 28.0. The van der Waals surface area contributed by atoms with E-state index < -0.39 is 0 Å². The molecular weight excluding hydrogens is 483 g/mol. The van der Waals surface area contributed by atoms with Crippen molar-refractivity contribution in [1.29, 1.82) is 0 Å². The van der Waals surface area contributed by atoms with E-state index in [1.54, 1.807) is 6.07 Å². The molecule has 1 fully saturated rings. The predicted octanol–water partition coefficient (Wildman–Crippen LogP) is 7.95. The quantitative estimate of drug-likeness (QED) is 0.237. The Hall–Kier alpha value is -3.70. The van der Waals surface area contributed by atoms with Gasteiger partial charge in [-0.15, -0.1) is 6.58 Å². The Balaban J connectivity index is 0.000000166. The Morgan fingerprint density at radius 3 is 2.44 bits per heavy atom. The van der Waals surface area contributed by atoms with Crippen LogP contribution in [0, 0.1) is 5.82 Å². The van der Waals surface area contributed by atoms with E-state index in [0.29, 0.717) is 12.1 Å². The van der Waals surface area contributed by atoms with Crippen molar-refractivity contribution < 1.29 is 4.39 Å². The molecule has 5 rings (SSSR count). The minimum atomic E-state index is -0.0793. The van der Waals surface area contributed by atoms with Gasteiger partial charge in [0.25, 0.3) is 0 Å². The number of fused-ring (bicyclic) bond motifs is 1. The van der Waals surface area contributed by atoms with Crippen LogP contribution >= 0.6 is 0 Å². The van der Waals surface area contributed by atoms with Gasteiger partial charge in [0.05, 0.1) is 23.4 Å². The number of aryl methyl sites for hydroxylation is 1. The summed E-state index contributed by atoms with van der Waals surface area (Å²) < 4.78 is 14.9. The van der Waals surface area contributed by atoms with Crippen LogP contribution in [0.1, 0.15) is 50.3 Å². The molecule has 0 aliphatic carbocycles. The summed E-state index contributed by atoms with van der Waals surface area (Å²) in [5.41, 5.74) is 5.49. The van der Waals surface area contributed by atoms with Crippen molar-refractivity contribution in [3.8, 4) is 0 Å². The molecule has 1 N–H and O–H groups in total. The summed E-state index contributed by atoms with van der Waals surface area (Å²) in [5.74, 6) is -0.0793. The summed E-state index contributed by atoms with van der Waals surface area (Å²) in [6, 6.07) is 26.3. The van der Waals surface area contributed by atoms with Gasteiger partial charge in [0.2, 0.25) is 0 Å². The SMILES string of the molecule is C=C(NCc1ccccc1)C1CCCN1C.C=CC(C)n1cnc2ccccc21.CCCc1ccccc1F. The number of para-hydroxylation sites is 2. The van der Waals surface area contributed by atoms with Crippen molar-refractivity contribution in [1.82, 2.24) is 19.8 Å². The number of allylic oxidation sites excluding steroid dienone is 1. The number of hydrogen-bond donors (Lipinski definition) is 1. The van der Waals surface area contributed by atoms with Crippen molar-refractivity contribution >= 4 is 11.0 Å². The van der Waals surface area contributed by atoms with Crippen LogP contribution in [-0.2, 0) is 13.0 Å². The molecule has 3 aromatic carbocycles. The van der Waals surface area contributed by atoms with Gasteiger partial charge in [0.15, 0.2) is 0 Å². The van der Waals surface area contributed by atoms with Crippen LogP contribution in [-0.4, -0.2) is 34.1 Å². The molecule has 1 aromatic heterocycles. The summed E-state index contributed by atoms with van der Waals surface area (Å²) in [4.78, 5) is 6.68. The van der Waals surface area contributed by atoms with Crippen molar-refractivity contribution in [3.05, 3.63) is 127 Å². The third-order valence-corrected chi connectivity index (χ3v) is 7.02. The summed E-state index contributed by atoms with van der Waals surface area (Å²) >= 11 is 0. The van der Waals surface area contributed by atoms with Crippen molar-refractivity contribution in [3.63, 3.8) is 0 Å². The van der Waals surface area contributed by atoms with Crippen molar-refractivity contribution in [2.45, 2.75) is 58.2 Å². The van der Waals surface area contributed by atoms with Crippen LogP contribution in [0.3, 0.4) is 0 Å². The molecule has 2 unspecified atom stereocenters. The summed E-state index contributed by atoms with van der Waals surface area (Å²) in [6.45, 7) is 14.1. The monoisotopic (exact) mass is 526 g/mol. The van der Waals surface area contributed by atoms with E-state index in [-0.39, 0.29) is 5.82 Å². The number of imidazole rings is 1. The Bertz CT molecular complexity index is 1300. The van der Waals surface area contributed by atoms with Gasteiger partial charge in [-0.1, -0.05) is 86.7 Å². The summed E-state index contributed by atoms with van der Waals surface area (Å²) in [5, 5.41) is 3.44. The molecule has 1 aliphatic heterocycles. The maximum atomic E-state index is 12.8. The number of nitrogens with one attached hydrogen (secondary N) is 1. The zero-order valence-electron chi connectivity index (χ0n) is 23.7. The van der Waals surface area contributed by atoms with Gasteiger partial charge in [-0.05, 0) is 69.1 Å². The van der Waals surface area contributed by atoms with E-state index in [1.165, 1.54) is 31.0 Å². The van der Waals surface area contributed by atoms with Crippen LogP contribution in [0.4, 0.5) is 4.39 Å². The van der Waals surface area contributed by atoms with Crippen molar-refractivity contribution in [2.24, 2.45) is 0 Å². The fourth-order valence-electron chi connectivity index (χ4n) is 4.67. The zero-order valence-corrected chi connectivity index (χ0v) is 23.7. The number of benzene rings is 3. The Kier molecular flexibility index (Phi) is 12.0. The molecule has 4 aromatic rings. The highest BCUT2D eigenvalue weighted by atomic mass is 19.1. The van der Waals surface area contributed by atoms with Crippen LogP contribution in [0.2, 0.25) is 0 Å². The normalized spacial score (nSPS) is 15.4. The lowest BCUT2D eigenvalue weighted by Gasteiger charge is -2.22. The van der Waals surface area contributed by atoms with E-state index in [4.69, 9.17) is 0 Å². The average molecular weight is 527 g/mol. The average Bonchev–Trinajstić information content (AvgIpc) is 3.60. The fourth-order valence-corrected chi connectivity index (χ4v) is 4.67. The molecule has 0 bridgehead atoms. The van der Waals surface area contributed by atoms with Crippen LogP contribution in [0.25, 0.3) is 11.0 Å². The van der Waals surface area contributed by atoms with Gasteiger partial charge in [-0.25, -0.2) is 9.37 Å². The molecule has 0 saturated carbocycles. The molecule has 39 heavy (non-hydrogen) atoms. The lowest BCUT2D eigenvalue weighted by atomic mass is 10.1. The van der Waals surface area contributed by atoms with Crippen LogP contribution < -0.4 is 5.32 Å². The maximum Gasteiger partial charge on any atom is 0.126 e. The second kappa shape index (κ2) is 15.6. The minimum absolute atomic E-state index is 0.0793. The van der Waals surface area contributed by atoms with Gasteiger partial charge < -0.3 is 9.88 Å².